The number of hydrogen-bond donors (Lipinski definition) is 2. The van der Waals surface area contributed by atoms with Crippen LogP contribution in [0.25, 0.3) is 0 Å². The molecule has 8 atom stereocenters. The van der Waals surface area contributed by atoms with Crippen LogP contribution < -0.4 is 0 Å². The van der Waals surface area contributed by atoms with Crippen LogP contribution in [0.4, 0.5) is 0 Å². The van der Waals surface area contributed by atoms with Crippen LogP contribution in [0, 0.1) is 40.4 Å². The topological polar surface area (TPSA) is 57.5 Å². The van der Waals surface area contributed by atoms with E-state index in [4.69, 9.17) is 0 Å². The molecule has 0 aliphatic heterocycles. The monoisotopic (exact) mass is 362 g/mol. The molecule has 4 saturated carbocycles. The van der Waals surface area contributed by atoms with Gasteiger partial charge in [-0.15, -0.1) is 0 Å². The van der Waals surface area contributed by atoms with E-state index in [1.165, 1.54) is 25.7 Å². The third-order valence-electron chi connectivity index (χ3n) is 9.83. The van der Waals surface area contributed by atoms with Crippen molar-refractivity contribution < 1.29 is 15.0 Å². The van der Waals surface area contributed by atoms with Crippen molar-refractivity contribution in [2.45, 2.75) is 97.0 Å². The first-order chi connectivity index (χ1) is 12.2. The van der Waals surface area contributed by atoms with E-state index in [0.717, 1.165) is 56.8 Å². The minimum absolute atomic E-state index is 0.0216. The second-order valence-electron chi connectivity index (χ2n) is 10.8. The van der Waals surface area contributed by atoms with E-state index in [2.05, 4.69) is 20.8 Å². The van der Waals surface area contributed by atoms with Crippen molar-refractivity contribution in [2.75, 3.05) is 0 Å². The van der Waals surface area contributed by atoms with E-state index < -0.39 is 11.6 Å². The SMILES string of the molecule is CCC[C@@]1(O)CC[C@@]2(C)[C@H](CCC3[C@@H]2CC[C@]2(C)[C@@H](C(=O)O)CC[C@@H]32)C1. The van der Waals surface area contributed by atoms with Crippen LogP contribution in [0.1, 0.15) is 91.4 Å². The van der Waals surface area contributed by atoms with E-state index in [9.17, 15) is 15.0 Å². The molecule has 0 saturated heterocycles. The van der Waals surface area contributed by atoms with Crippen molar-refractivity contribution in [1.29, 1.82) is 0 Å². The van der Waals surface area contributed by atoms with E-state index in [1.807, 2.05) is 0 Å². The van der Waals surface area contributed by atoms with Gasteiger partial charge in [0, 0.05) is 0 Å². The molecule has 148 valence electrons. The van der Waals surface area contributed by atoms with E-state index in [1.54, 1.807) is 0 Å². The summed E-state index contributed by atoms with van der Waals surface area (Å²) >= 11 is 0. The number of carboxylic acid groups (broad SMARTS) is 1. The van der Waals surface area contributed by atoms with Crippen molar-refractivity contribution in [3.8, 4) is 0 Å². The Kier molecular flexibility index (Phi) is 4.49. The molecule has 0 bridgehead atoms. The van der Waals surface area contributed by atoms with Crippen molar-refractivity contribution >= 4 is 5.97 Å². The second-order valence-corrected chi connectivity index (χ2v) is 10.8. The Morgan fingerprint density at radius 1 is 0.962 bits per heavy atom. The quantitative estimate of drug-likeness (QED) is 0.720. The van der Waals surface area contributed by atoms with Gasteiger partial charge in [-0.2, -0.15) is 0 Å². The summed E-state index contributed by atoms with van der Waals surface area (Å²) in [4.78, 5) is 11.8. The molecule has 4 aliphatic carbocycles. The minimum Gasteiger partial charge on any atom is -0.481 e. The highest BCUT2D eigenvalue weighted by Crippen LogP contribution is 2.68. The van der Waals surface area contributed by atoms with Gasteiger partial charge in [-0.1, -0.05) is 27.2 Å². The molecule has 4 rings (SSSR count). The van der Waals surface area contributed by atoms with Gasteiger partial charge < -0.3 is 10.2 Å². The van der Waals surface area contributed by atoms with Gasteiger partial charge in [0.05, 0.1) is 11.5 Å². The molecule has 0 aromatic carbocycles. The Labute approximate surface area is 158 Å². The summed E-state index contributed by atoms with van der Waals surface area (Å²) < 4.78 is 0. The third-order valence-corrected chi connectivity index (χ3v) is 9.83. The van der Waals surface area contributed by atoms with Crippen LogP contribution >= 0.6 is 0 Å². The summed E-state index contributed by atoms with van der Waals surface area (Å²) in [7, 11) is 0. The summed E-state index contributed by atoms with van der Waals surface area (Å²) in [6.07, 6.45) is 12.0. The zero-order valence-electron chi connectivity index (χ0n) is 17.0. The average Bonchev–Trinajstić information content (AvgIpc) is 2.93. The van der Waals surface area contributed by atoms with Crippen molar-refractivity contribution in [1.82, 2.24) is 0 Å². The number of aliphatic hydroxyl groups is 1. The van der Waals surface area contributed by atoms with Gasteiger partial charge in [-0.05, 0) is 98.7 Å². The maximum Gasteiger partial charge on any atom is 0.307 e. The fourth-order valence-corrected chi connectivity index (χ4v) is 8.42. The molecule has 0 amide bonds. The highest BCUT2D eigenvalue weighted by Gasteiger charge is 2.62. The predicted octanol–water partition coefficient (Wildman–Crippen LogP) is 5.26. The minimum atomic E-state index is -0.560. The van der Waals surface area contributed by atoms with Gasteiger partial charge in [0.15, 0.2) is 0 Å². The van der Waals surface area contributed by atoms with Gasteiger partial charge in [-0.25, -0.2) is 0 Å². The zero-order chi connectivity index (χ0) is 18.7. The Bertz CT molecular complexity index is 574. The number of carbonyl (C=O) groups is 1. The molecule has 0 heterocycles. The lowest BCUT2D eigenvalue weighted by Crippen LogP contribution is -2.56. The Balaban J connectivity index is 1.56. The molecule has 0 aromatic rings. The number of hydrogen-bond acceptors (Lipinski definition) is 2. The molecule has 4 aliphatic rings. The van der Waals surface area contributed by atoms with Gasteiger partial charge in [-0.3, -0.25) is 4.79 Å². The summed E-state index contributed by atoms with van der Waals surface area (Å²) in [6, 6.07) is 0. The molecule has 3 heteroatoms. The molecule has 1 unspecified atom stereocenters. The standard InChI is InChI=1S/C23H38O3/c1-4-10-23(26)13-12-21(2)15(14-23)5-6-16-17-7-8-19(20(24)25)22(17,3)11-9-18(16)21/h15-19,26H,4-14H2,1-3H3,(H,24,25)/t15-,16?,17+,18+,19-,21+,22+,23-/m1/s1. The summed E-state index contributed by atoms with van der Waals surface area (Å²) in [6.45, 7) is 6.99. The first-order valence-corrected chi connectivity index (χ1v) is 11.2. The number of aliphatic carboxylic acids is 1. The average molecular weight is 363 g/mol. The van der Waals surface area contributed by atoms with Gasteiger partial charge >= 0.3 is 5.97 Å². The molecule has 4 fully saturated rings. The number of fused-ring (bicyclic) bond motifs is 5. The normalized spacial score (nSPS) is 53.5. The second kappa shape index (κ2) is 6.22. The lowest BCUT2D eigenvalue weighted by atomic mass is 9.43. The first kappa shape index (κ1) is 18.8. The fraction of sp³-hybridized carbons (Fsp3) is 0.957. The largest absolute Gasteiger partial charge is 0.481 e. The lowest BCUT2D eigenvalue weighted by molar-refractivity contribution is -0.162. The van der Waals surface area contributed by atoms with E-state index in [0.29, 0.717) is 17.3 Å². The van der Waals surface area contributed by atoms with Gasteiger partial charge in [0.1, 0.15) is 0 Å². The molecule has 0 radical (unpaired) electrons. The Morgan fingerprint density at radius 2 is 1.69 bits per heavy atom. The summed E-state index contributed by atoms with van der Waals surface area (Å²) in [5, 5.41) is 20.8. The maximum atomic E-state index is 11.8. The lowest BCUT2D eigenvalue weighted by Gasteiger charge is -2.62. The number of carboxylic acids is 1. The third kappa shape index (κ3) is 2.59. The van der Waals surface area contributed by atoms with Crippen LogP contribution in [0.2, 0.25) is 0 Å². The smallest absolute Gasteiger partial charge is 0.307 e. The predicted molar refractivity (Wildman–Crippen MR) is 103 cm³/mol. The highest BCUT2D eigenvalue weighted by molar-refractivity contribution is 5.71. The Morgan fingerprint density at radius 3 is 2.38 bits per heavy atom. The summed E-state index contributed by atoms with van der Waals surface area (Å²) in [5.41, 5.74) is -0.0317. The Hall–Kier alpha value is -0.570. The van der Waals surface area contributed by atoms with Crippen LogP contribution in [0.3, 0.4) is 0 Å². The molecule has 3 nitrogen and oxygen atoms in total. The molecule has 2 N–H and O–H groups in total. The number of rotatable bonds is 3. The zero-order valence-corrected chi connectivity index (χ0v) is 17.0. The van der Waals surface area contributed by atoms with Crippen molar-refractivity contribution in [3.05, 3.63) is 0 Å². The van der Waals surface area contributed by atoms with Crippen LogP contribution in [0.5, 0.6) is 0 Å². The molecule has 0 aromatic heterocycles. The van der Waals surface area contributed by atoms with E-state index >= 15 is 0 Å². The van der Waals surface area contributed by atoms with Crippen molar-refractivity contribution in [2.24, 2.45) is 40.4 Å². The fourth-order valence-electron chi connectivity index (χ4n) is 8.42. The molecule has 26 heavy (non-hydrogen) atoms. The maximum absolute atomic E-state index is 11.8. The summed E-state index contributed by atoms with van der Waals surface area (Å²) in [5.74, 6) is 2.05. The van der Waals surface area contributed by atoms with E-state index in [-0.39, 0.29) is 11.3 Å². The molecular weight excluding hydrogens is 324 g/mol. The van der Waals surface area contributed by atoms with Crippen molar-refractivity contribution in [3.63, 3.8) is 0 Å². The molecular formula is C23H38O3. The van der Waals surface area contributed by atoms with Crippen LogP contribution in [0.15, 0.2) is 0 Å². The van der Waals surface area contributed by atoms with Gasteiger partial charge in [0.2, 0.25) is 0 Å². The van der Waals surface area contributed by atoms with Crippen LogP contribution in [-0.4, -0.2) is 21.8 Å². The van der Waals surface area contributed by atoms with Crippen LogP contribution in [-0.2, 0) is 4.79 Å². The molecule has 0 spiro atoms. The van der Waals surface area contributed by atoms with Gasteiger partial charge in [0.25, 0.3) is 0 Å². The highest BCUT2D eigenvalue weighted by atomic mass is 16.4. The first-order valence-electron chi connectivity index (χ1n) is 11.2.